The molecule has 56 valence electrons. The van der Waals surface area contributed by atoms with Gasteiger partial charge in [-0.1, -0.05) is 6.07 Å². The Morgan fingerprint density at radius 3 is 2.20 bits per heavy atom. The second-order valence-corrected chi connectivity index (χ2v) is 2.75. The molecular weight excluding hydrogens is 143 g/mol. The normalized spacial score (nSPS) is 7.80. The fourth-order valence-corrected chi connectivity index (χ4v) is 0.376. The van der Waals surface area contributed by atoms with Crippen LogP contribution in [0.2, 0.25) is 0 Å². The number of aromatic nitrogens is 1. The van der Waals surface area contributed by atoms with Crippen molar-refractivity contribution in [2.24, 2.45) is 0 Å². The van der Waals surface area contributed by atoms with Crippen LogP contribution < -0.4 is 5.73 Å². The van der Waals surface area contributed by atoms with E-state index in [-0.39, 0.29) is 0 Å². The third kappa shape index (κ3) is 5.52. The molecule has 1 aromatic heterocycles. The van der Waals surface area contributed by atoms with Gasteiger partial charge in [-0.3, -0.25) is 0 Å². The summed E-state index contributed by atoms with van der Waals surface area (Å²) in [5.74, 6) is 0.572. The van der Waals surface area contributed by atoms with Crippen LogP contribution in [-0.2, 0) is 0 Å². The Kier molecular flexibility index (Phi) is 6.10. The van der Waals surface area contributed by atoms with Gasteiger partial charge >= 0.3 is 0 Å². The van der Waals surface area contributed by atoms with Crippen LogP contribution in [0.3, 0.4) is 0 Å². The zero-order valence-electron chi connectivity index (χ0n) is 6.33. The van der Waals surface area contributed by atoms with Crippen molar-refractivity contribution in [1.29, 1.82) is 0 Å². The number of hydrogen-bond donors (Lipinski definition) is 1. The predicted molar refractivity (Wildman–Crippen MR) is 48.8 cm³/mol. The summed E-state index contributed by atoms with van der Waals surface area (Å²) in [5.41, 5.74) is 5.25. The molecule has 2 N–H and O–H groups in total. The number of pyridine rings is 1. The molecule has 1 aromatic rings. The molecule has 0 saturated carbocycles. The fraction of sp³-hybridized carbons (Fsp3) is 0.286. The maximum atomic E-state index is 5.25. The maximum absolute atomic E-state index is 5.25. The van der Waals surface area contributed by atoms with E-state index in [1.165, 1.54) is 0 Å². The van der Waals surface area contributed by atoms with Crippen LogP contribution in [0.1, 0.15) is 0 Å². The summed E-state index contributed by atoms with van der Waals surface area (Å²) in [5, 5.41) is 0. The summed E-state index contributed by atoms with van der Waals surface area (Å²) in [6, 6.07) is 5.43. The molecule has 0 saturated heterocycles. The maximum Gasteiger partial charge on any atom is 0.123 e. The van der Waals surface area contributed by atoms with Crippen molar-refractivity contribution in [2.45, 2.75) is 0 Å². The van der Waals surface area contributed by atoms with Crippen molar-refractivity contribution in [3.63, 3.8) is 0 Å². The fourth-order valence-electron chi connectivity index (χ4n) is 0.376. The number of rotatable bonds is 0. The van der Waals surface area contributed by atoms with Crippen molar-refractivity contribution >= 4 is 14.4 Å². The zero-order chi connectivity index (χ0) is 7.82. The molecule has 0 fully saturated rings. The van der Waals surface area contributed by atoms with Gasteiger partial charge in [0.15, 0.2) is 0 Å². The highest BCUT2D eigenvalue weighted by Gasteiger charge is 1.73. The van der Waals surface area contributed by atoms with Crippen LogP contribution in [0.15, 0.2) is 24.4 Å². The van der Waals surface area contributed by atoms with Crippen LogP contribution in [0.5, 0.6) is 0 Å². The molecule has 0 aliphatic rings. The van der Waals surface area contributed by atoms with Crippen LogP contribution in [0.4, 0.5) is 5.82 Å². The van der Waals surface area contributed by atoms with E-state index in [1.54, 1.807) is 12.3 Å². The minimum Gasteiger partial charge on any atom is -0.384 e. The first kappa shape index (κ1) is 9.38. The molecule has 0 aliphatic carbocycles. The first-order chi connectivity index (χ1) is 4.81. The zero-order valence-corrected chi connectivity index (χ0v) is 7.33. The largest absolute Gasteiger partial charge is 0.384 e. The number of nitrogens with two attached hydrogens (primary N) is 1. The van der Waals surface area contributed by atoms with Crippen molar-refractivity contribution in [1.82, 2.24) is 4.98 Å². The number of anilines is 1. The van der Waals surface area contributed by atoms with Gasteiger partial charge in [0.25, 0.3) is 0 Å². The van der Waals surface area contributed by atoms with Gasteiger partial charge in [0, 0.05) is 6.20 Å². The second-order valence-electron chi connectivity index (χ2n) is 1.75. The Morgan fingerprint density at radius 1 is 1.40 bits per heavy atom. The molecule has 0 bridgehead atoms. The highest BCUT2D eigenvalue weighted by molar-refractivity contribution is 7.35. The third-order valence-electron chi connectivity index (χ3n) is 0.688. The van der Waals surface area contributed by atoms with Gasteiger partial charge in [0.1, 0.15) is 5.82 Å². The molecule has 0 aliphatic heterocycles. The average molecular weight is 156 g/mol. The lowest BCUT2D eigenvalue weighted by molar-refractivity contribution is 1.34. The lowest BCUT2D eigenvalue weighted by Gasteiger charge is -1.82. The summed E-state index contributed by atoms with van der Waals surface area (Å²) < 4.78 is 0. The van der Waals surface area contributed by atoms with E-state index >= 15 is 0 Å². The van der Waals surface area contributed by atoms with Gasteiger partial charge in [-0.25, -0.2) is 4.98 Å². The second kappa shape index (κ2) is 6.50. The molecule has 0 unspecified atom stereocenters. The van der Waals surface area contributed by atoms with Gasteiger partial charge in [-0.2, -0.15) is 0 Å². The Balaban J connectivity index is 0.000000236. The number of nitrogens with zero attached hydrogens (tertiary/aromatic N) is 1. The predicted octanol–water partition coefficient (Wildman–Crippen LogP) is 1.59. The molecule has 0 radical (unpaired) electrons. The summed E-state index contributed by atoms with van der Waals surface area (Å²) in [4.78, 5) is 3.76. The Labute approximate surface area is 63.6 Å². The minimum absolute atomic E-state index is 0.572. The van der Waals surface area contributed by atoms with E-state index in [9.17, 15) is 0 Å². The highest BCUT2D eigenvalue weighted by Crippen LogP contribution is 1.89. The van der Waals surface area contributed by atoms with Crippen LogP contribution in [0, 0.1) is 0 Å². The van der Waals surface area contributed by atoms with Gasteiger partial charge < -0.3 is 5.73 Å². The minimum atomic E-state index is 0.572. The van der Waals surface area contributed by atoms with E-state index < -0.39 is 0 Å². The Bertz CT molecular complexity index is 153. The van der Waals surface area contributed by atoms with Crippen molar-refractivity contribution in [2.75, 3.05) is 19.1 Å². The SMILES string of the molecule is CPC.Nc1ccccn1. The van der Waals surface area contributed by atoms with Crippen molar-refractivity contribution in [3.8, 4) is 0 Å². The molecule has 1 heterocycles. The Morgan fingerprint density at radius 2 is 2.00 bits per heavy atom. The molecule has 1 rings (SSSR count). The number of hydrogen-bond acceptors (Lipinski definition) is 2. The molecule has 2 nitrogen and oxygen atoms in total. The molecule has 0 spiro atoms. The van der Waals surface area contributed by atoms with Gasteiger partial charge in [-0.05, 0) is 25.5 Å². The number of nitrogen functional groups attached to an aromatic ring is 1. The highest BCUT2D eigenvalue weighted by atomic mass is 31.1. The molecule has 0 amide bonds. The van der Waals surface area contributed by atoms with E-state index in [0.29, 0.717) is 5.82 Å². The van der Waals surface area contributed by atoms with Crippen LogP contribution in [-0.4, -0.2) is 18.3 Å². The smallest absolute Gasteiger partial charge is 0.123 e. The van der Waals surface area contributed by atoms with E-state index in [0.717, 1.165) is 8.58 Å². The monoisotopic (exact) mass is 156 g/mol. The Hall–Kier alpha value is -0.620. The van der Waals surface area contributed by atoms with Gasteiger partial charge in [-0.15, -0.1) is 8.58 Å². The van der Waals surface area contributed by atoms with Crippen LogP contribution in [0.25, 0.3) is 0 Å². The molecular formula is C7H13N2P. The molecule has 3 heteroatoms. The van der Waals surface area contributed by atoms with Crippen LogP contribution >= 0.6 is 8.58 Å². The summed E-state index contributed by atoms with van der Waals surface area (Å²) in [6.45, 7) is 4.31. The standard InChI is InChI=1S/C5H6N2.C2H7P/c6-5-3-1-2-4-7-5;1-3-2/h1-4H,(H2,6,7);3H,1-2H3. The first-order valence-electron chi connectivity index (χ1n) is 3.06. The van der Waals surface area contributed by atoms with E-state index in [2.05, 4.69) is 18.3 Å². The van der Waals surface area contributed by atoms with Crippen molar-refractivity contribution < 1.29 is 0 Å². The average Bonchev–Trinajstić information content (AvgIpc) is 1.91. The van der Waals surface area contributed by atoms with E-state index in [4.69, 9.17) is 5.73 Å². The van der Waals surface area contributed by atoms with Crippen molar-refractivity contribution in [3.05, 3.63) is 24.4 Å². The van der Waals surface area contributed by atoms with E-state index in [1.807, 2.05) is 12.1 Å². The lowest BCUT2D eigenvalue weighted by Crippen LogP contribution is -1.85. The summed E-state index contributed by atoms with van der Waals surface area (Å²) >= 11 is 0. The summed E-state index contributed by atoms with van der Waals surface area (Å²) in [6.07, 6.45) is 1.66. The quantitative estimate of drug-likeness (QED) is 0.579. The third-order valence-corrected chi connectivity index (χ3v) is 0.688. The first-order valence-corrected chi connectivity index (χ1v) is 5.06. The topological polar surface area (TPSA) is 38.9 Å². The lowest BCUT2D eigenvalue weighted by atomic mass is 10.5. The van der Waals surface area contributed by atoms with Gasteiger partial charge in [0.2, 0.25) is 0 Å². The van der Waals surface area contributed by atoms with Gasteiger partial charge in [0.05, 0.1) is 0 Å². The molecule has 0 aromatic carbocycles. The molecule has 10 heavy (non-hydrogen) atoms. The molecule has 0 atom stereocenters. The summed E-state index contributed by atoms with van der Waals surface area (Å²) in [7, 11) is 1.08.